The van der Waals surface area contributed by atoms with Gasteiger partial charge in [0.15, 0.2) is 6.10 Å². The molecule has 0 aromatic rings. The number of quaternary nitrogens is 1. The number of nitrogens with zero attached hydrogens (tertiary/aromatic N) is 1. The fraction of sp³-hybridized carbons (Fsp3) is 0.620. The number of aliphatic carboxylic acids is 1. The first kappa shape index (κ1) is 54.2. The van der Waals surface area contributed by atoms with Gasteiger partial charge in [-0.3, -0.25) is 9.59 Å². The van der Waals surface area contributed by atoms with Crippen LogP contribution in [0.4, 0.5) is 0 Å². The molecule has 0 saturated carbocycles. The highest BCUT2D eigenvalue weighted by atomic mass is 16.6. The molecule has 0 aromatic heterocycles. The van der Waals surface area contributed by atoms with Gasteiger partial charge in [0.25, 0.3) is 0 Å². The molecule has 0 aromatic carbocycles. The van der Waals surface area contributed by atoms with Crippen LogP contribution in [0.5, 0.6) is 0 Å². The van der Waals surface area contributed by atoms with Crippen molar-refractivity contribution in [2.75, 3.05) is 41.0 Å². The lowest BCUT2D eigenvalue weighted by molar-refractivity contribution is -0.889. The van der Waals surface area contributed by atoms with Gasteiger partial charge in [-0.15, -0.1) is 0 Å². The van der Waals surface area contributed by atoms with E-state index in [1.807, 2.05) is 0 Å². The Morgan fingerprint density at radius 1 is 0.517 bits per heavy atom. The second kappa shape index (κ2) is 40.0. The number of hydrogen-bond donors (Lipinski definition) is 0. The van der Waals surface area contributed by atoms with Crippen molar-refractivity contribution in [3.05, 3.63) is 97.2 Å². The Hall–Kier alpha value is -3.75. The van der Waals surface area contributed by atoms with Crippen molar-refractivity contribution >= 4 is 17.9 Å². The van der Waals surface area contributed by atoms with Crippen molar-refractivity contribution in [2.24, 2.45) is 0 Å². The smallest absolute Gasteiger partial charge is 0.306 e. The highest BCUT2D eigenvalue weighted by Gasteiger charge is 2.25. The van der Waals surface area contributed by atoms with Gasteiger partial charge in [-0.05, 0) is 89.9 Å². The predicted octanol–water partition coefficient (Wildman–Crippen LogP) is 11.0. The number of ether oxygens (including phenoxy) is 3. The largest absolute Gasteiger partial charge is 0.544 e. The second-order valence-corrected chi connectivity index (χ2v) is 15.5. The summed E-state index contributed by atoms with van der Waals surface area (Å²) in [5.74, 6) is -1.81. The Morgan fingerprint density at radius 2 is 0.914 bits per heavy atom. The van der Waals surface area contributed by atoms with Gasteiger partial charge in [0.2, 0.25) is 0 Å². The van der Waals surface area contributed by atoms with Gasteiger partial charge in [0.05, 0.1) is 40.3 Å². The fourth-order valence-electron chi connectivity index (χ4n) is 5.82. The molecule has 0 bridgehead atoms. The summed E-state index contributed by atoms with van der Waals surface area (Å²) >= 11 is 0. The molecule has 0 fully saturated rings. The minimum absolute atomic E-state index is 0.0163. The van der Waals surface area contributed by atoms with Crippen LogP contribution in [0.1, 0.15) is 149 Å². The molecule has 0 aliphatic heterocycles. The molecular weight excluding hydrogens is 727 g/mol. The predicted molar refractivity (Wildman–Crippen MR) is 240 cm³/mol. The van der Waals surface area contributed by atoms with Crippen LogP contribution >= 0.6 is 0 Å². The molecule has 0 saturated heterocycles. The van der Waals surface area contributed by atoms with Crippen LogP contribution in [-0.2, 0) is 28.6 Å². The van der Waals surface area contributed by atoms with Gasteiger partial charge >= 0.3 is 11.9 Å². The average Bonchev–Trinajstić information content (AvgIpc) is 3.18. The van der Waals surface area contributed by atoms with E-state index in [1.165, 1.54) is 0 Å². The lowest BCUT2D eigenvalue weighted by atomic mass is 10.1. The van der Waals surface area contributed by atoms with Crippen molar-refractivity contribution in [1.82, 2.24) is 0 Å². The Labute approximate surface area is 354 Å². The van der Waals surface area contributed by atoms with Crippen LogP contribution in [0, 0.1) is 0 Å². The summed E-state index contributed by atoms with van der Waals surface area (Å²) < 4.78 is 17.1. The molecule has 0 N–H and O–H groups in total. The third-order valence-corrected chi connectivity index (χ3v) is 9.22. The monoisotopic (exact) mass is 808 g/mol. The normalized spacial score (nSPS) is 13.9. The maximum absolute atomic E-state index is 12.7. The Morgan fingerprint density at radius 3 is 1.33 bits per heavy atom. The van der Waals surface area contributed by atoms with Gasteiger partial charge in [-0.1, -0.05) is 137 Å². The summed E-state index contributed by atoms with van der Waals surface area (Å²) in [5, 5.41) is 11.6. The van der Waals surface area contributed by atoms with Gasteiger partial charge < -0.3 is 28.6 Å². The number of esters is 2. The van der Waals surface area contributed by atoms with E-state index in [0.717, 1.165) is 116 Å². The number of allylic oxidation sites excluding steroid dienone is 16. The molecule has 8 nitrogen and oxygen atoms in total. The lowest BCUT2D eigenvalue weighted by Crippen LogP contribution is -2.55. The number of carbonyl (C=O) groups is 3. The third-order valence-electron chi connectivity index (χ3n) is 9.22. The van der Waals surface area contributed by atoms with Crippen molar-refractivity contribution in [1.29, 1.82) is 0 Å². The van der Waals surface area contributed by atoms with Gasteiger partial charge in [0, 0.05) is 19.3 Å². The molecule has 0 aliphatic carbocycles. The summed E-state index contributed by atoms with van der Waals surface area (Å²) in [5.41, 5.74) is 0. The Kier molecular flexibility index (Phi) is 37.5. The maximum atomic E-state index is 12.7. The molecule has 0 spiro atoms. The van der Waals surface area contributed by atoms with Crippen LogP contribution < -0.4 is 5.11 Å². The highest BCUT2D eigenvalue weighted by Crippen LogP contribution is 2.12. The van der Waals surface area contributed by atoms with Crippen molar-refractivity contribution in [2.45, 2.75) is 161 Å². The molecule has 0 heterocycles. The number of likely N-dealkylation sites (N-methyl/N-ethyl adjacent to an activating group) is 1. The zero-order chi connectivity index (χ0) is 42.8. The number of carboxylic acid groups (broad SMARTS) is 1. The quantitative estimate of drug-likeness (QED) is 0.0265. The van der Waals surface area contributed by atoms with Crippen molar-refractivity contribution < 1.29 is 38.2 Å². The summed E-state index contributed by atoms with van der Waals surface area (Å²) in [6.45, 7) is 4.36. The van der Waals surface area contributed by atoms with E-state index >= 15 is 0 Å². The van der Waals surface area contributed by atoms with Gasteiger partial charge in [-0.2, -0.15) is 0 Å². The van der Waals surface area contributed by atoms with Crippen LogP contribution in [0.2, 0.25) is 0 Å². The van der Waals surface area contributed by atoms with E-state index in [4.69, 9.17) is 14.2 Å². The minimum Gasteiger partial charge on any atom is -0.544 e. The fourth-order valence-corrected chi connectivity index (χ4v) is 5.82. The molecule has 58 heavy (non-hydrogen) atoms. The maximum Gasteiger partial charge on any atom is 0.306 e. The van der Waals surface area contributed by atoms with Crippen LogP contribution in [0.25, 0.3) is 0 Å². The molecule has 0 rings (SSSR count). The number of unbranched alkanes of at least 4 members (excludes halogenated alkanes) is 8. The topological polar surface area (TPSA) is 102 Å². The van der Waals surface area contributed by atoms with Crippen molar-refractivity contribution in [3.63, 3.8) is 0 Å². The zero-order valence-corrected chi connectivity index (χ0v) is 37.2. The summed E-state index contributed by atoms with van der Waals surface area (Å²) in [7, 11) is 5.38. The standard InChI is InChI=1S/C50H81NO7/c1-6-8-10-12-14-16-18-20-22-23-24-25-26-27-29-31-33-35-37-39-41-49(53)58-46(44-56-43-42-47(50(54)55)51(3,4)5)45-57-48(52)40-38-36-34-32-30-28-21-19-17-15-13-11-9-7-2/h8-11,14-17,20-22,24-25,27-29,46-47H,6-7,12-13,18-19,23,26,30-45H2,1-5H3/b10-8+,11-9+,16-14+,17-15+,22-20+,25-24+,28-21+,29-27+. The summed E-state index contributed by atoms with van der Waals surface area (Å²) in [4.78, 5) is 36.9. The third kappa shape index (κ3) is 37.8. The molecule has 2 atom stereocenters. The molecule has 2 unspecified atom stereocenters. The minimum atomic E-state index is -1.14. The summed E-state index contributed by atoms with van der Waals surface area (Å²) in [6.07, 6.45) is 52.9. The zero-order valence-electron chi connectivity index (χ0n) is 37.2. The number of rotatable bonds is 38. The molecule has 0 amide bonds. The average molecular weight is 808 g/mol. The van der Waals surface area contributed by atoms with E-state index in [-0.39, 0.29) is 49.1 Å². The van der Waals surface area contributed by atoms with E-state index in [0.29, 0.717) is 6.42 Å². The molecular formula is C50H81NO7. The van der Waals surface area contributed by atoms with Crippen LogP contribution in [-0.4, -0.2) is 75.5 Å². The molecule has 0 radical (unpaired) electrons. The van der Waals surface area contributed by atoms with Gasteiger partial charge in [-0.25, -0.2) is 0 Å². The summed E-state index contributed by atoms with van der Waals surface area (Å²) in [6, 6.07) is -0.740. The van der Waals surface area contributed by atoms with E-state index in [1.54, 1.807) is 21.1 Å². The first-order valence-electron chi connectivity index (χ1n) is 22.3. The molecule has 328 valence electrons. The molecule has 8 heteroatoms. The van der Waals surface area contributed by atoms with Crippen LogP contribution in [0.15, 0.2) is 97.2 Å². The number of carboxylic acids is 1. The Bertz CT molecular complexity index is 1260. The highest BCUT2D eigenvalue weighted by molar-refractivity contribution is 5.70. The second-order valence-electron chi connectivity index (χ2n) is 15.5. The number of carbonyl (C=O) groups excluding carboxylic acids is 3. The van der Waals surface area contributed by atoms with E-state index in [2.05, 4.69) is 111 Å². The van der Waals surface area contributed by atoms with E-state index in [9.17, 15) is 19.5 Å². The Balaban J connectivity index is 4.44. The first-order chi connectivity index (χ1) is 28.1. The van der Waals surface area contributed by atoms with Crippen molar-refractivity contribution in [3.8, 4) is 0 Å². The number of hydrogen-bond acceptors (Lipinski definition) is 7. The lowest BCUT2D eigenvalue weighted by Gasteiger charge is -2.34. The SMILES string of the molecule is CC/C=C/C/C=C/C/C=C/C/C=C/C/C=C/CCCCCCC(=O)OC(COCCC(C(=O)[O-])[N+](C)(C)C)COC(=O)CCCCCC/C=C/C/C=C/C/C=C/CC. The first-order valence-corrected chi connectivity index (χ1v) is 22.3. The molecule has 0 aliphatic rings. The van der Waals surface area contributed by atoms with E-state index < -0.39 is 18.1 Å². The van der Waals surface area contributed by atoms with Crippen LogP contribution in [0.3, 0.4) is 0 Å². The van der Waals surface area contributed by atoms with Gasteiger partial charge in [0.1, 0.15) is 12.6 Å².